The van der Waals surface area contributed by atoms with Gasteiger partial charge in [-0.25, -0.2) is 5.43 Å². The summed E-state index contributed by atoms with van der Waals surface area (Å²) in [5.41, 5.74) is 4.54. The van der Waals surface area contributed by atoms with Crippen molar-refractivity contribution in [2.75, 3.05) is 5.75 Å². The smallest absolute Gasteiger partial charge is 0.308 e. The second-order valence-corrected chi connectivity index (χ2v) is 7.31. The summed E-state index contributed by atoms with van der Waals surface area (Å²) in [6.45, 7) is 1.51. The topological polar surface area (TPSA) is 101 Å². The van der Waals surface area contributed by atoms with Gasteiger partial charge in [0, 0.05) is 17.1 Å². The number of amides is 1. The zero-order valence-corrected chi connectivity index (χ0v) is 14.8. The Morgan fingerprint density at radius 1 is 1.19 bits per heavy atom. The number of carbonyl (C=O) groups excluding carboxylic acids is 1. The van der Waals surface area contributed by atoms with Crippen LogP contribution >= 0.6 is 0 Å². The standard InChI is InChI=1S/C18H17N3O4S/c1-2-26(23,24)25-14-9-7-13(8-10-14)11-20-21-18(22)16-12-19-17-6-4-3-5-15(16)17/h3-12,19H,2H2,1H3,(H,21,22)/b20-11+. The van der Waals surface area contributed by atoms with Gasteiger partial charge in [0.2, 0.25) is 0 Å². The Kier molecular flexibility index (Phi) is 5.04. The molecule has 1 amide bonds. The zero-order chi connectivity index (χ0) is 18.6. The van der Waals surface area contributed by atoms with Crippen LogP contribution in [0.3, 0.4) is 0 Å². The molecule has 8 heteroatoms. The minimum Gasteiger partial charge on any atom is -0.382 e. The summed E-state index contributed by atoms with van der Waals surface area (Å²) >= 11 is 0. The van der Waals surface area contributed by atoms with Crippen molar-refractivity contribution in [1.29, 1.82) is 0 Å². The SMILES string of the molecule is CCS(=O)(=O)Oc1ccc(/C=N/NC(=O)c2c[nH]c3ccccc23)cc1. The van der Waals surface area contributed by atoms with E-state index in [1.807, 2.05) is 24.3 Å². The van der Waals surface area contributed by atoms with Crippen molar-refractivity contribution in [2.24, 2.45) is 5.10 Å². The lowest BCUT2D eigenvalue weighted by molar-refractivity contribution is 0.0957. The minimum absolute atomic E-state index is 0.101. The molecule has 2 N–H and O–H groups in total. The number of rotatable bonds is 6. The third-order valence-corrected chi connectivity index (χ3v) is 4.82. The molecule has 1 aromatic heterocycles. The molecule has 0 spiro atoms. The number of nitrogens with zero attached hydrogens (tertiary/aromatic N) is 1. The number of hydrogen-bond donors (Lipinski definition) is 2. The predicted molar refractivity (Wildman–Crippen MR) is 99.9 cm³/mol. The number of para-hydroxylation sites is 1. The molecule has 3 aromatic rings. The molecule has 0 aliphatic heterocycles. The molecular formula is C18H17N3O4S. The average Bonchev–Trinajstić information content (AvgIpc) is 3.07. The van der Waals surface area contributed by atoms with E-state index in [0.717, 1.165) is 10.9 Å². The number of benzene rings is 2. The van der Waals surface area contributed by atoms with Gasteiger partial charge in [0.15, 0.2) is 0 Å². The van der Waals surface area contributed by atoms with Gasteiger partial charge in [0.25, 0.3) is 5.91 Å². The molecule has 2 aromatic carbocycles. The molecule has 3 rings (SSSR count). The summed E-state index contributed by atoms with van der Waals surface area (Å²) in [7, 11) is -3.55. The molecule has 0 aliphatic rings. The van der Waals surface area contributed by atoms with Crippen molar-refractivity contribution in [1.82, 2.24) is 10.4 Å². The van der Waals surface area contributed by atoms with Crippen LogP contribution in [-0.2, 0) is 10.1 Å². The molecule has 0 unspecified atom stereocenters. The first-order chi connectivity index (χ1) is 12.5. The first-order valence-electron chi connectivity index (χ1n) is 7.90. The molecule has 0 atom stereocenters. The van der Waals surface area contributed by atoms with Crippen LogP contribution in [0.1, 0.15) is 22.8 Å². The quantitative estimate of drug-likeness (QED) is 0.395. The first kappa shape index (κ1) is 17.7. The lowest BCUT2D eigenvalue weighted by Crippen LogP contribution is -2.17. The molecule has 0 fully saturated rings. The highest BCUT2D eigenvalue weighted by atomic mass is 32.2. The number of aromatic amines is 1. The number of aromatic nitrogens is 1. The third kappa shape index (κ3) is 4.09. The van der Waals surface area contributed by atoms with Crippen molar-refractivity contribution in [2.45, 2.75) is 6.92 Å². The Morgan fingerprint density at radius 3 is 2.65 bits per heavy atom. The van der Waals surface area contributed by atoms with Gasteiger partial charge in [-0.3, -0.25) is 4.79 Å². The van der Waals surface area contributed by atoms with E-state index < -0.39 is 10.1 Å². The van der Waals surface area contributed by atoms with E-state index in [-0.39, 0.29) is 17.4 Å². The number of carbonyl (C=O) groups is 1. The van der Waals surface area contributed by atoms with Crippen molar-refractivity contribution in [3.63, 3.8) is 0 Å². The molecule has 0 saturated heterocycles. The van der Waals surface area contributed by atoms with E-state index in [4.69, 9.17) is 4.18 Å². The fourth-order valence-corrected chi connectivity index (χ4v) is 2.82. The summed E-state index contributed by atoms with van der Waals surface area (Å²) in [6, 6.07) is 13.8. The predicted octanol–water partition coefficient (Wildman–Crippen LogP) is 2.66. The van der Waals surface area contributed by atoms with Crippen molar-refractivity contribution >= 4 is 33.1 Å². The van der Waals surface area contributed by atoms with E-state index in [1.165, 1.54) is 25.3 Å². The normalized spacial score (nSPS) is 11.7. The highest BCUT2D eigenvalue weighted by molar-refractivity contribution is 7.87. The molecule has 0 saturated carbocycles. The number of hydrogen-bond acceptors (Lipinski definition) is 5. The molecule has 7 nitrogen and oxygen atoms in total. The number of H-pyrrole nitrogens is 1. The van der Waals surface area contributed by atoms with Crippen LogP contribution in [0.4, 0.5) is 0 Å². The highest BCUT2D eigenvalue weighted by Crippen LogP contribution is 2.17. The van der Waals surface area contributed by atoms with Crippen molar-refractivity contribution in [3.8, 4) is 5.75 Å². The van der Waals surface area contributed by atoms with E-state index in [9.17, 15) is 13.2 Å². The first-order valence-corrected chi connectivity index (χ1v) is 9.48. The Bertz CT molecular complexity index is 1050. The monoisotopic (exact) mass is 371 g/mol. The lowest BCUT2D eigenvalue weighted by atomic mass is 10.2. The van der Waals surface area contributed by atoms with Crippen LogP contribution in [0.2, 0.25) is 0 Å². The number of nitrogens with one attached hydrogen (secondary N) is 2. The Morgan fingerprint density at radius 2 is 1.92 bits per heavy atom. The van der Waals surface area contributed by atoms with Gasteiger partial charge >= 0.3 is 10.1 Å². The maximum atomic E-state index is 12.2. The molecule has 1 heterocycles. The molecular weight excluding hydrogens is 354 g/mol. The van der Waals surface area contributed by atoms with Crippen molar-refractivity contribution in [3.05, 3.63) is 65.9 Å². The number of fused-ring (bicyclic) bond motifs is 1. The Balaban J connectivity index is 1.64. The van der Waals surface area contributed by atoms with Crippen LogP contribution in [0, 0.1) is 0 Å². The zero-order valence-electron chi connectivity index (χ0n) is 14.0. The van der Waals surface area contributed by atoms with Crippen LogP contribution < -0.4 is 9.61 Å². The molecule has 0 radical (unpaired) electrons. The summed E-state index contributed by atoms with van der Waals surface area (Å²) in [5, 5.41) is 4.75. The number of hydrazone groups is 1. The van der Waals surface area contributed by atoms with E-state index in [0.29, 0.717) is 11.1 Å². The fourth-order valence-electron chi connectivity index (χ4n) is 2.30. The maximum Gasteiger partial charge on any atom is 0.308 e. The molecule has 0 bridgehead atoms. The summed E-state index contributed by atoms with van der Waals surface area (Å²) in [4.78, 5) is 15.3. The van der Waals surface area contributed by atoms with Gasteiger partial charge < -0.3 is 9.17 Å². The van der Waals surface area contributed by atoms with Crippen molar-refractivity contribution < 1.29 is 17.4 Å². The van der Waals surface area contributed by atoms with Gasteiger partial charge in [-0.1, -0.05) is 18.2 Å². The van der Waals surface area contributed by atoms with Crippen LogP contribution in [0.25, 0.3) is 10.9 Å². The van der Waals surface area contributed by atoms with Crippen LogP contribution in [0.15, 0.2) is 59.8 Å². The van der Waals surface area contributed by atoms with Crippen LogP contribution in [-0.4, -0.2) is 31.3 Å². The van der Waals surface area contributed by atoms with Gasteiger partial charge in [0.1, 0.15) is 5.75 Å². The second kappa shape index (κ2) is 7.40. The lowest BCUT2D eigenvalue weighted by Gasteiger charge is -2.04. The largest absolute Gasteiger partial charge is 0.382 e. The van der Waals surface area contributed by atoms with E-state index in [2.05, 4.69) is 15.5 Å². The highest BCUT2D eigenvalue weighted by Gasteiger charge is 2.11. The summed E-state index contributed by atoms with van der Waals surface area (Å²) in [6.07, 6.45) is 3.10. The second-order valence-electron chi connectivity index (χ2n) is 5.45. The Hall–Kier alpha value is -3.13. The molecule has 0 aliphatic carbocycles. The van der Waals surface area contributed by atoms with E-state index >= 15 is 0 Å². The van der Waals surface area contributed by atoms with Gasteiger partial charge in [-0.05, 0) is 42.8 Å². The van der Waals surface area contributed by atoms with Gasteiger partial charge in [-0.15, -0.1) is 0 Å². The summed E-state index contributed by atoms with van der Waals surface area (Å²) < 4.78 is 27.7. The Labute approximate surface area is 150 Å². The minimum atomic E-state index is -3.55. The molecule has 26 heavy (non-hydrogen) atoms. The molecule has 134 valence electrons. The van der Waals surface area contributed by atoms with Gasteiger partial charge in [0.05, 0.1) is 17.5 Å². The average molecular weight is 371 g/mol. The third-order valence-electron chi connectivity index (χ3n) is 3.67. The fraction of sp³-hybridized carbons (Fsp3) is 0.111. The van der Waals surface area contributed by atoms with Crippen LogP contribution in [0.5, 0.6) is 5.75 Å². The van der Waals surface area contributed by atoms with E-state index in [1.54, 1.807) is 18.3 Å². The maximum absolute atomic E-state index is 12.2. The van der Waals surface area contributed by atoms with Gasteiger partial charge in [-0.2, -0.15) is 13.5 Å². The summed E-state index contributed by atoms with van der Waals surface area (Å²) in [5.74, 6) is -0.199.